The monoisotopic (exact) mass is 308 g/mol. The molecule has 0 aromatic heterocycles. The molecule has 0 heterocycles. The zero-order valence-corrected chi connectivity index (χ0v) is 14.9. The van der Waals surface area contributed by atoms with Crippen LogP contribution >= 0.6 is 0 Å². The summed E-state index contributed by atoms with van der Waals surface area (Å²) in [7, 11) is 1.96. The van der Waals surface area contributed by atoms with Crippen LogP contribution in [0.4, 0.5) is 0 Å². The molecule has 0 aromatic carbocycles. The molecule has 6 unspecified atom stereocenters. The molecule has 4 aliphatic carbocycles. The summed E-state index contributed by atoms with van der Waals surface area (Å²) >= 11 is 0. The van der Waals surface area contributed by atoms with Gasteiger partial charge in [-0.25, -0.2) is 0 Å². The van der Waals surface area contributed by atoms with E-state index in [0.717, 1.165) is 34.8 Å². The maximum absolute atomic E-state index is 6.31. The van der Waals surface area contributed by atoms with E-state index < -0.39 is 8.56 Å². The second-order valence-electron chi connectivity index (χ2n) is 8.23. The van der Waals surface area contributed by atoms with E-state index in [2.05, 4.69) is 0 Å². The smallest absolute Gasteiger partial charge is 0.344 e. The Morgan fingerprint density at radius 3 is 1.48 bits per heavy atom. The highest BCUT2D eigenvalue weighted by atomic mass is 28.4. The van der Waals surface area contributed by atoms with Gasteiger partial charge < -0.3 is 8.85 Å². The van der Waals surface area contributed by atoms with Crippen LogP contribution in [0, 0.1) is 23.7 Å². The van der Waals surface area contributed by atoms with Crippen molar-refractivity contribution in [3.63, 3.8) is 0 Å². The molecule has 4 aliphatic rings. The summed E-state index contributed by atoms with van der Waals surface area (Å²) in [6, 6.07) is 0. The van der Waals surface area contributed by atoms with Crippen molar-refractivity contribution in [2.45, 2.75) is 75.3 Å². The zero-order chi connectivity index (χ0) is 14.4. The molecule has 4 fully saturated rings. The molecule has 2 nitrogen and oxygen atoms in total. The fourth-order valence-electron chi connectivity index (χ4n) is 6.62. The summed E-state index contributed by atoms with van der Waals surface area (Å²) in [6.07, 6.45) is 14.6. The van der Waals surface area contributed by atoms with Crippen LogP contribution in [0.1, 0.15) is 64.2 Å². The standard InChI is InChI=1S/C18H32O2Si/c1-19-21(20-2,17-11-13-7-3-5-9-15(13)17)18-12-14-8-4-6-10-16(14)18/h13-18H,3-12H2,1-2H3. The molecule has 21 heavy (non-hydrogen) atoms. The van der Waals surface area contributed by atoms with E-state index in [4.69, 9.17) is 8.85 Å². The number of rotatable bonds is 4. The maximum atomic E-state index is 6.31. The highest BCUT2D eigenvalue weighted by Gasteiger charge is 2.65. The molecular formula is C18H32O2Si. The molecule has 6 atom stereocenters. The van der Waals surface area contributed by atoms with Crippen molar-refractivity contribution in [2.24, 2.45) is 23.7 Å². The summed E-state index contributed by atoms with van der Waals surface area (Å²) in [5.74, 6) is 3.94. The van der Waals surface area contributed by atoms with E-state index in [1.807, 2.05) is 14.2 Å². The third-order valence-corrected chi connectivity index (χ3v) is 12.4. The van der Waals surface area contributed by atoms with Gasteiger partial charge in [0.05, 0.1) is 0 Å². The highest BCUT2D eigenvalue weighted by Crippen LogP contribution is 2.66. The first-order valence-electron chi connectivity index (χ1n) is 9.40. The second kappa shape index (κ2) is 5.65. The third kappa shape index (κ3) is 2.10. The van der Waals surface area contributed by atoms with Crippen LogP contribution < -0.4 is 0 Å². The number of hydrogen-bond acceptors (Lipinski definition) is 2. The molecule has 0 amide bonds. The average Bonchev–Trinajstić information content (AvgIpc) is 2.48. The Bertz CT molecular complexity index is 349. The molecular weight excluding hydrogens is 276 g/mol. The van der Waals surface area contributed by atoms with Crippen molar-refractivity contribution in [3.8, 4) is 0 Å². The molecule has 0 saturated heterocycles. The van der Waals surface area contributed by atoms with Crippen molar-refractivity contribution < 1.29 is 8.85 Å². The van der Waals surface area contributed by atoms with E-state index in [9.17, 15) is 0 Å². The van der Waals surface area contributed by atoms with Crippen molar-refractivity contribution >= 4 is 8.56 Å². The van der Waals surface area contributed by atoms with Crippen LogP contribution in [-0.2, 0) is 8.85 Å². The fourth-order valence-corrected chi connectivity index (χ4v) is 11.9. The molecule has 0 aromatic rings. The molecule has 0 aliphatic heterocycles. The van der Waals surface area contributed by atoms with Gasteiger partial charge in [-0.3, -0.25) is 0 Å². The van der Waals surface area contributed by atoms with E-state index in [1.54, 1.807) is 0 Å². The molecule has 0 radical (unpaired) electrons. The van der Waals surface area contributed by atoms with Crippen LogP contribution in [0.15, 0.2) is 0 Å². The lowest BCUT2D eigenvalue weighted by Crippen LogP contribution is -2.63. The minimum Gasteiger partial charge on any atom is -0.397 e. The Morgan fingerprint density at radius 2 is 1.10 bits per heavy atom. The van der Waals surface area contributed by atoms with Gasteiger partial charge in [0, 0.05) is 25.3 Å². The van der Waals surface area contributed by atoms with E-state index >= 15 is 0 Å². The molecule has 0 bridgehead atoms. The zero-order valence-electron chi connectivity index (χ0n) is 13.9. The lowest BCUT2D eigenvalue weighted by Gasteiger charge is -2.61. The van der Waals surface area contributed by atoms with Gasteiger partial charge in [-0.05, 0) is 36.5 Å². The summed E-state index contributed by atoms with van der Waals surface area (Å²) in [6.45, 7) is 0. The topological polar surface area (TPSA) is 18.5 Å². The molecule has 3 heteroatoms. The molecule has 4 saturated carbocycles. The Labute approximate surface area is 131 Å². The Kier molecular flexibility index (Phi) is 3.96. The minimum absolute atomic E-state index is 0.811. The maximum Gasteiger partial charge on any atom is 0.344 e. The Balaban J connectivity index is 1.53. The summed E-state index contributed by atoms with van der Waals surface area (Å²) in [5, 5.41) is 0. The van der Waals surface area contributed by atoms with Gasteiger partial charge in [-0.2, -0.15) is 0 Å². The van der Waals surface area contributed by atoms with Crippen LogP contribution in [-0.4, -0.2) is 22.8 Å². The van der Waals surface area contributed by atoms with Gasteiger partial charge in [0.25, 0.3) is 0 Å². The number of hydrogen-bond donors (Lipinski definition) is 0. The first kappa shape index (κ1) is 14.7. The van der Waals surface area contributed by atoms with E-state index in [-0.39, 0.29) is 0 Å². The van der Waals surface area contributed by atoms with Gasteiger partial charge >= 0.3 is 8.56 Å². The van der Waals surface area contributed by atoms with Crippen molar-refractivity contribution in [1.29, 1.82) is 0 Å². The summed E-state index contributed by atoms with van der Waals surface area (Å²) in [4.78, 5) is 0. The van der Waals surface area contributed by atoms with Crippen LogP contribution in [0.25, 0.3) is 0 Å². The Morgan fingerprint density at radius 1 is 0.667 bits per heavy atom. The lowest BCUT2D eigenvalue weighted by atomic mass is 9.64. The lowest BCUT2D eigenvalue weighted by molar-refractivity contribution is 0.0332. The van der Waals surface area contributed by atoms with Crippen LogP contribution in [0.2, 0.25) is 11.1 Å². The van der Waals surface area contributed by atoms with Crippen LogP contribution in [0.5, 0.6) is 0 Å². The first-order valence-corrected chi connectivity index (χ1v) is 11.4. The molecule has 4 rings (SSSR count). The highest BCUT2D eigenvalue weighted by molar-refractivity contribution is 6.71. The average molecular weight is 309 g/mol. The van der Waals surface area contributed by atoms with Gasteiger partial charge in [-0.15, -0.1) is 0 Å². The van der Waals surface area contributed by atoms with Crippen LogP contribution in [0.3, 0.4) is 0 Å². The fraction of sp³-hybridized carbons (Fsp3) is 1.00. The quantitative estimate of drug-likeness (QED) is 0.689. The molecule has 0 N–H and O–H groups in total. The summed E-state index contributed by atoms with van der Waals surface area (Å²) < 4.78 is 12.6. The Hall–Kier alpha value is 0.137. The normalized spacial score (nSPS) is 46.0. The van der Waals surface area contributed by atoms with Gasteiger partial charge in [-0.1, -0.05) is 51.4 Å². The SMILES string of the molecule is CO[Si](OC)(C1CC2CCCCC21)C1CC2CCCCC21. The first-order chi connectivity index (χ1) is 10.3. The van der Waals surface area contributed by atoms with Crippen molar-refractivity contribution in [1.82, 2.24) is 0 Å². The molecule has 120 valence electrons. The second-order valence-corrected chi connectivity index (χ2v) is 12.0. The summed E-state index contributed by atoms with van der Waals surface area (Å²) in [5.41, 5.74) is 1.62. The van der Waals surface area contributed by atoms with E-state index in [0.29, 0.717) is 0 Å². The predicted octanol–water partition coefficient (Wildman–Crippen LogP) is 4.88. The predicted molar refractivity (Wildman–Crippen MR) is 87.4 cm³/mol. The minimum atomic E-state index is -1.99. The largest absolute Gasteiger partial charge is 0.397 e. The van der Waals surface area contributed by atoms with Crippen molar-refractivity contribution in [3.05, 3.63) is 0 Å². The van der Waals surface area contributed by atoms with Crippen molar-refractivity contribution in [2.75, 3.05) is 14.2 Å². The molecule has 0 spiro atoms. The van der Waals surface area contributed by atoms with E-state index in [1.165, 1.54) is 64.2 Å². The third-order valence-electron chi connectivity index (χ3n) is 7.75. The number of fused-ring (bicyclic) bond motifs is 2. The van der Waals surface area contributed by atoms with Gasteiger partial charge in [0.15, 0.2) is 0 Å². The van der Waals surface area contributed by atoms with Gasteiger partial charge in [0.1, 0.15) is 0 Å². The van der Waals surface area contributed by atoms with Gasteiger partial charge in [0.2, 0.25) is 0 Å².